The first-order valence-electron chi connectivity index (χ1n) is 7.07. The summed E-state index contributed by atoms with van der Waals surface area (Å²) in [4.78, 5) is 25.5. The van der Waals surface area contributed by atoms with E-state index in [-0.39, 0.29) is 23.8 Å². The fourth-order valence-corrected chi connectivity index (χ4v) is 3.57. The highest BCUT2D eigenvalue weighted by Gasteiger charge is 2.30. The Labute approximate surface area is 123 Å². The molecule has 2 rings (SSSR count). The molecule has 1 fully saturated rings. The normalized spacial score (nSPS) is 24.1. The van der Waals surface area contributed by atoms with E-state index >= 15 is 0 Å². The molecule has 4 nitrogen and oxygen atoms in total. The molecular formula is C15H21NO3S. The molecule has 110 valence electrons. The molecule has 0 aliphatic heterocycles. The number of amides is 1. The largest absolute Gasteiger partial charge is 0.481 e. The standard InChI is InChI=1S/C15H21NO3S/c1-9-3-8-13(20-9)10(2)16-14(17)11-4-6-12(7-5-11)15(18)19/h3,8,10-12H,4-7H2,1-2H3,(H,16,17)(H,18,19). The van der Waals surface area contributed by atoms with Gasteiger partial charge < -0.3 is 10.4 Å². The first-order chi connectivity index (χ1) is 9.47. The van der Waals surface area contributed by atoms with Crippen molar-refractivity contribution in [2.45, 2.75) is 45.6 Å². The number of nitrogens with one attached hydrogen (secondary N) is 1. The molecule has 1 aromatic rings. The Balaban J connectivity index is 1.85. The van der Waals surface area contributed by atoms with Crippen LogP contribution in [0.15, 0.2) is 12.1 Å². The zero-order chi connectivity index (χ0) is 14.7. The van der Waals surface area contributed by atoms with E-state index in [1.807, 2.05) is 13.0 Å². The van der Waals surface area contributed by atoms with Gasteiger partial charge in [-0.15, -0.1) is 11.3 Å². The van der Waals surface area contributed by atoms with E-state index < -0.39 is 5.97 Å². The van der Waals surface area contributed by atoms with E-state index in [9.17, 15) is 9.59 Å². The van der Waals surface area contributed by atoms with Crippen LogP contribution in [0.3, 0.4) is 0 Å². The monoisotopic (exact) mass is 295 g/mol. The highest BCUT2D eigenvalue weighted by molar-refractivity contribution is 7.12. The molecule has 5 heteroatoms. The minimum absolute atomic E-state index is 0.0263. The number of carboxylic acids is 1. The number of carbonyl (C=O) groups is 2. The average molecular weight is 295 g/mol. The molecule has 1 amide bonds. The molecule has 2 N–H and O–H groups in total. The second-order valence-electron chi connectivity index (χ2n) is 5.57. The summed E-state index contributed by atoms with van der Waals surface area (Å²) < 4.78 is 0. The van der Waals surface area contributed by atoms with Crippen molar-refractivity contribution in [2.75, 3.05) is 0 Å². The number of carboxylic acid groups (broad SMARTS) is 1. The smallest absolute Gasteiger partial charge is 0.306 e. The van der Waals surface area contributed by atoms with Crippen LogP contribution >= 0.6 is 11.3 Å². The van der Waals surface area contributed by atoms with Gasteiger partial charge in [-0.3, -0.25) is 9.59 Å². The summed E-state index contributed by atoms with van der Waals surface area (Å²) in [6.07, 6.45) is 2.58. The molecule has 1 aliphatic rings. The number of carbonyl (C=O) groups excluding carboxylic acids is 1. The van der Waals surface area contributed by atoms with Gasteiger partial charge in [0.1, 0.15) is 0 Å². The summed E-state index contributed by atoms with van der Waals surface area (Å²) in [5.41, 5.74) is 0. The Bertz CT molecular complexity index is 489. The Morgan fingerprint density at radius 3 is 2.35 bits per heavy atom. The lowest BCUT2D eigenvalue weighted by molar-refractivity contribution is -0.144. The van der Waals surface area contributed by atoms with E-state index in [1.165, 1.54) is 4.88 Å². The van der Waals surface area contributed by atoms with Crippen molar-refractivity contribution >= 4 is 23.2 Å². The number of aliphatic carboxylic acids is 1. The topological polar surface area (TPSA) is 66.4 Å². The number of thiophene rings is 1. The quantitative estimate of drug-likeness (QED) is 0.897. The second-order valence-corrected chi connectivity index (χ2v) is 6.88. The lowest BCUT2D eigenvalue weighted by atomic mass is 9.81. The fourth-order valence-electron chi connectivity index (χ4n) is 2.69. The third-order valence-corrected chi connectivity index (χ3v) is 5.18. The SMILES string of the molecule is Cc1ccc(C(C)NC(=O)C2CCC(C(=O)O)CC2)s1. The van der Waals surface area contributed by atoms with Gasteiger partial charge in [0, 0.05) is 15.7 Å². The molecule has 20 heavy (non-hydrogen) atoms. The number of rotatable bonds is 4. The average Bonchev–Trinajstić information content (AvgIpc) is 2.85. The maximum atomic E-state index is 12.2. The van der Waals surface area contributed by atoms with Gasteiger partial charge in [0.05, 0.1) is 12.0 Å². The minimum atomic E-state index is -0.730. The number of hydrogen-bond acceptors (Lipinski definition) is 3. The Morgan fingerprint density at radius 1 is 1.25 bits per heavy atom. The van der Waals surface area contributed by atoms with Crippen molar-refractivity contribution in [3.63, 3.8) is 0 Å². The fraction of sp³-hybridized carbons (Fsp3) is 0.600. The number of aryl methyl sites for hydroxylation is 1. The van der Waals surface area contributed by atoms with Crippen molar-refractivity contribution < 1.29 is 14.7 Å². The van der Waals surface area contributed by atoms with Crippen LogP contribution in [0.5, 0.6) is 0 Å². The molecule has 1 aromatic heterocycles. The van der Waals surface area contributed by atoms with Crippen LogP contribution in [-0.4, -0.2) is 17.0 Å². The summed E-state index contributed by atoms with van der Waals surface area (Å²) in [5.74, 6) is -0.968. The van der Waals surface area contributed by atoms with Crippen LogP contribution in [0, 0.1) is 18.8 Å². The second kappa shape index (κ2) is 6.39. The molecule has 0 bridgehead atoms. The zero-order valence-electron chi connectivity index (χ0n) is 11.9. The first-order valence-corrected chi connectivity index (χ1v) is 7.88. The third-order valence-electron chi connectivity index (χ3n) is 3.99. The zero-order valence-corrected chi connectivity index (χ0v) is 12.7. The predicted molar refractivity (Wildman–Crippen MR) is 78.7 cm³/mol. The van der Waals surface area contributed by atoms with Crippen LogP contribution in [0.2, 0.25) is 0 Å². The van der Waals surface area contributed by atoms with E-state index in [4.69, 9.17) is 5.11 Å². The van der Waals surface area contributed by atoms with Crippen LogP contribution in [0.4, 0.5) is 0 Å². The Hall–Kier alpha value is -1.36. The van der Waals surface area contributed by atoms with Crippen LogP contribution in [-0.2, 0) is 9.59 Å². The molecule has 0 saturated heterocycles. The van der Waals surface area contributed by atoms with Gasteiger partial charge in [0.25, 0.3) is 0 Å². The first kappa shape index (κ1) is 15.0. The van der Waals surface area contributed by atoms with Crippen LogP contribution < -0.4 is 5.32 Å². The van der Waals surface area contributed by atoms with Gasteiger partial charge in [0.2, 0.25) is 5.91 Å². The van der Waals surface area contributed by atoms with Gasteiger partial charge in [-0.1, -0.05) is 0 Å². The molecule has 0 radical (unpaired) electrons. The molecule has 1 atom stereocenters. The van der Waals surface area contributed by atoms with E-state index in [0.29, 0.717) is 25.7 Å². The van der Waals surface area contributed by atoms with Crippen LogP contribution in [0.1, 0.15) is 48.4 Å². The van der Waals surface area contributed by atoms with Gasteiger partial charge in [-0.25, -0.2) is 0 Å². The van der Waals surface area contributed by atoms with E-state index in [1.54, 1.807) is 11.3 Å². The molecule has 0 aromatic carbocycles. The third kappa shape index (κ3) is 3.60. The lowest BCUT2D eigenvalue weighted by Crippen LogP contribution is -2.35. The van der Waals surface area contributed by atoms with E-state index in [0.717, 1.165) is 4.88 Å². The van der Waals surface area contributed by atoms with Crippen LogP contribution in [0.25, 0.3) is 0 Å². The maximum absolute atomic E-state index is 12.2. The highest BCUT2D eigenvalue weighted by Crippen LogP contribution is 2.30. The van der Waals surface area contributed by atoms with Gasteiger partial charge in [0.15, 0.2) is 0 Å². The molecule has 1 saturated carbocycles. The molecule has 1 heterocycles. The minimum Gasteiger partial charge on any atom is -0.481 e. The van der Waals surface area contributed by atoms with Gasteiger partial charge >= 0.3 is 5.97 Å². The van der Waals surface area contributed by atoms with Crippen molar-refractivity contribution in [1.29, 1.82) is 0 Å². The molecule has 1 unspecified atom stereocenters. The molecule has 0 spiro atoms. The maximum Gasteiger partial charge on any atom is 0.306 e. The lowest BCUT2D eigenvalue weighted by Gasteiger charge is -2.26. The van der Waals surface area contributed by atoms with Crippen molar-refractivity contribution in [3.8, 4) is 0 Å². The Kier molecular flexibility index (Phi) is 4.81. The highest BCUT2D eigenvalue weighted by atomic mass is 32.1. The summed E-state index contributed by atoms with van der Waals surface area (Å²) >= 11 is 1.70. The summed E-state index contributed by atoms with van der Waals surface area (Å²) in [7, 11) is 0. The Morgan fingerprint density at radius 2 is 1.85 bits per heavy atom. The van der Waals surface area contributed by atoms with Crippen molar-refractivity contribution in [3.05, 3.63) is 21.9 Å². The molecule has 1 aliphatic carbocycles. The summed E-state index contributed by atoms with van der Waals surface area (Å²) in [6.45, 7) is 4.04. The summed E-state index contributed by atoms with van der Waals surface area (Å²) in [6, 6.07) is 4.13. The van der Waals surface area contributed by atoms with Crippen molar-refractivity contribution in [1.82, 2.24) is 5.32 Å². The summed E-state index contributed by atoms with van der Waals surface area (Å²) in [5, 5.41) is 12.0. The number of hydrogen-bond donors (Lipinski definition) is 2. The predicted octanol–water partition coefficient (Wildman–Crippen LogP) is 3.12. The molecular weight excluding hydrogens is 274 g/mol. The van der Waals surface area contributed by atoms with E-state index in [2.05, 4.69) is 18.3 Å². The van der Waals surface area contributed by atoms with Gasteiger partial charge in [-0.2, -0.15) is 0 Å². The van der Waals surface area contributed by atoms with Gasteiger partial charge in [-0.05, 0) is 51.7 Å². The van der Waals surface area contributed by atoms with Crippen molar-refractivity contribution in [2.24, 2.45) is 11.8 Å².